The maximum atomic E-state index is 11.3. The Morgan fingerprint density at radius 1 is 1.47 bits per heavy atom. The van der Waals surface area contributed by atoms with Crippen LogP contribution < -0.4 is 5.32 Å². The van der Waals surface area contributed by atoms with Crippen LogP contribution in [0.25, 0.3) is 5.95 Å². The second-order valence-corrected chi connectivity index (χ2v) is 3.80. The fourth-order valence-corrected chi connectivity index (χ4v) is 1.40. The second kappa shape index (κ2) is 5.57. The Kier molecular flexibility index (Phi) is 3.85. The number of hydrogen-bond donors (Lipinski definition) is 1. The topological polar surface area (TPSA) is 108 Å². The first-order chi connectivity index (χ1) is 9.10. The molecule has 0 saturated carbocycles. The average Bonchev–Trinajstić information content (AvgIpc) is 2.90. The van der Waals surface area contributed by atoms with E-state index < -0.39 is 12.0 Å². The van der Waals surface area contributed by atoms with Crippen LogP contribution in [0.2, 0.25) is 5.28 Å². The highest BCUT2D eigenvalue weighted by atomic mass is 35.5. The summed E-state index contributed by atoms with van der Waals surface area (Å²) >= 11 is 5.78. The summed E-state index contributed by atoms with van der Waals surface area (Å²) in [5.41, 5.74) is 0. The lowest BCUT2D eigenvalue weighted by molar-refractivity contribution is -0.141. The van der Waals surface area contributed by atoms with Crippen LogP contribution in [0.4, 0.5) is 5.95 Å². The molecule has 1 atom stereocenters. The molecule has 0 fully saturated rings. The third-order valence-corrected chi connectivity index (χ3v) is 2.29. The summed E-state index contributed by atoms with van der Waals surface area (Å²) in [6, 6.07) is -0.618. The van der Waals surface area contributed by atoms with Crippen molar-refractivity contribution in [2.75, 3.05) is 12.4 Å². The summed E-state index contributed by atoms with van der Waals surface area (Å²) in [5, 5.41) is 6.60. The van der Waals surface area contributed by atoms with Gasteiger partial charge in [0.2, 0.25) is 11.2 Å². The number of hydrogen-bond acceptors (Lipinski definition) is 8. The second-order valence-electron chi connectivity index (χ2n) is 3.46. The summed E-state index contributed by atoms with van der Waals surface area (Å²) in [5.74, 6) is -0.112. The molecule has 0 aliphatic heterocycles. The zero-order valence-corrected chi connectivity index (χ0v) is 10.9. The van der Waals surface area contributed by atoms with Gasteiger partial charge in [-0.05, 0) is 18.5 Å². The van der Waals surface area contributed by atoms with Crippen molar-refractivity contribution in [1.82, 2.24) is 29.7 Å². The molecule has 1 unspecified atom stereocenters. The van der Waals surface area contributed by atoms with Crippen molar-refractivity contribution in [2.24, 2.45) is 0 Å². The highest BCUT2D eigenvalue weighted by molar-refractivity contribution is 6.28. The number of carbonyl (C=O) groups is 1. The van der Waals surface area contributed by atoms with Crippen molar-refractivity contribution in [2.45, 2.75) is 13.0 Å². The molecule has 2 heterocycles. The Balaban J connectivity index is 2.25. The molecule has 10 heteroatoms. The largest absolute Gasteiger partial charge is 0.467 e. The molecule has 0 amide bonds. The lowest BCUT2D eigenvalue weighted by Crippen LogP contribution is -2.28. The molecule has 0 bridgehead atoms. The van der Waals surface area contributed by atoms with E-state index in [0.717, 1.165) is 0 Å². The lowest BCUT2D eigenvalue weighted by Gasteiger charge is -2.11. The smallest absolute Gasteiger partial charge is 0.328 e. The third kappa shape index (κ3) is 3.13. The van der Waals surface area contributed by atoms with Crippen molar-refractivity contribution in [3.05, 3.63) is 17.9 Å². The van der Waals surface area contributed by atoms with Crippen LogP contribution in [0.1, 0.15) is 6.92 Å². The molecule has 0 aromatic carbocycles. The van der Waals surface area contributed by atoms with Crippen molar-refractivity contribution >= 4 is 23.5 Å². The van der Waals surface area contributed by atoms with E-state index in [1.165, 1.54) is 24.4 Å². The Morgan fingerprint density at radius 2 is 2.26 bits per heavy atom. The van der Waals surface area contributed by atoms with E-state index >= 15 is 0 Å². The number of halogens is 1. The number of carbonyl (C=O) groups excluding carboxylic acids is 1. The molecule has 0 aliphatic carbocycles. The van der Waals surface area contributed by atoms with Crippen LogP contribution in [0, 0.1) is 0 Å². The molecule has 0 spiro atoms. The Bertz CT molecular complexity index is 574. The number of nitrogens with zero attached hydrogens (tertiary/aromatic N) is 6. The summed E-state index contributed by atoms with van der Waals surface area (Å²) in [4.78, 5) is 26.9. The summed E-state index contributed by atoms with van der Waals surface area (Å²) in [6.07, 6.45) is 2.75. The zero-order chi connectivity index (χ0) is 13.8. The van der Waals surface area contributed by atoms with Crippen LogP contribution in [0.15, 0.2) is 12.7 Å². The normalized spacial score (nSPS) is 11.9. The number of aromatic nitrogens is 6. The molecule has 1 N–H and O–H groups in total. The molecular formula is C9H10ClN7O2. The molecule has 0 saturated heterocycles. The van der Waals surface area contributed by atoms with E-state index in [-0.39, 0.29) is 17.2 Å². The first kappa shape index (κ1) is 13.1. The van der Waals surface area contributed by atoms with Gasteiger partial charge in [0.15, 0.2) is 0 Å². The van der Waals surface area contributed by atoms with Gasteiger partial charge < -0.3 is 10.1 Å². The van der Waals surface area contributed by atoms with E-state index in [0.29, 0.717) is 0 Å². The molecule has 9 nitrogen and oxygen atoms in total. The molecule has 2 rings (SSSR count). The highest BCUT2D eigenvalue weighted by Gasteiger charge is 2.15. The maximum absolute atomic E-state index is 11.3. The molecule has 100 valence electrons. The van der Waals surface area contributed by atoms with E-state index in [1.807, 2.05) is 0 Å². The van der Waals surface area contributed by atoms with Crippen LogP contribution >= 0.6 is 11.6 Å². The summed E-state index contributed by atoms with van der Waals surface area (Å²) in [6.45, 7) is 1.61. The summed E-state index contributed by atoms with van der Waals surface area (Å²) < 4.78 is 5.90. The van der Waals surface area contributed by atoms with Gasteiger partial charge in [-0.3, -0.25) is 0 Å². The van der Waals surface area contributed by atoms with E-state index in [9.17, 15) is 4.79 Å². The number of anilines is 1. The third-order valence-electron chi connectivity index (χ3n) is 2.12. The molecule has 0 radical (unpaired) electrons. The predicted molar refractivity (Wildman–Crippen MR) is 64.9 cm³/mol. The molecule has 19 heavy (non-hydrogen) atoms. The first-order valence-electron chi connectivity index (χ1n) is 5.21. The van der Waals surface area contributed by atoms with Crippen molar-refractivity contribution in [3.8, 4) is 5.95 Å². The monoisotopic (exact) mass is 283 g/mol. The van der Waals surface area contributed by atoms with Crippen molar-refractivity contribution < 1.29 is 9.53 Å². The van der Waals surface area contributed by atoms with Gasteiger partial charge in [0.05, 0.1) is 7.11 Å². The minimum atomic E-state index is -0.618. The lowest BCUT2D eigenvalue weighted by atomic mass is 10.3. The van der Waals surface area contributed by atoms with Crippen LogP contribution in [0.3, 0.4) is 0 Å². The molecule has 2 aromatic heterocycles. The molecule has 0 aliphatic rings. The van der Waals surface area contributed by atoms with Crippen molar-refractivity contribution in [3.63, 3.8) is 0 Å². The van der Waals surface area contributed by atoms with E-state index in [1.54, 1.807) is 6.92 Å². The number of esters is 1. The van der Waals surface area contributed by atoms with Gasteiger partial charge in [-0.25, -0.2) is 9.78 Å². The maximum Gasteiger partial charge on any atom is 0.328 e. The quantitative estimate of drug-likeness (QED) is 0.786. The molecular weight excluding hydrogens is 274 g/mol. The van der Waals surface area contributed by atoms with E-state index in [2.05, 4.69) is 35.1 Å². The fourth-order valence-electron chi connectivity index (χ4n) is 1.25. The number of ether oxygens (including phenoxy) is 1. The van der Waals surface area contributed by atoms with Crippen LogP contribution in [-0.4, -0.2) is 48.8 Å². The first-order valence-corrected chi connectivity index (χ1v) is 5.59. The van der Waals surface area contributed by atoms with Crippen molar-refractivity contribution in [1.29, 1.82) is 0 Å². The fraction of sp³-hybridized carbons (Fsp3) is 0.333. The average molecular weight is 284 g/mol. The number of rotatable bonds is 4. The van der Waals surface area contributed by atoms with Gasteiger partial charge in [0.25, 0.3) is 5.95 Å². The Hall–Kier alpha value is -2.29. The number of nitrogens with one attached hydrogen (secondary N) is 1. The Labute approximate surface area is 113 Å². The van der Waals surface area contributed by atoms with Gasteiger partial charge >= 0.3 is 5.97 Å². The van der Waals surface area contributed by atoms with Crippen LogP contribution in [0.5, 0.6) is 0 Å². The SMILES string of the molecule is COC(=O)C(C)Nc1nc(Cl)nc(-n2cncn2)n1. The van der Waals surface area contributed by atoms with Crippen LogP contribution in [-0.2, 0) is 9.53 Å². The summed E-state index contributed by atoms with van der Waals surface area (Å²) in [7, 11) is 1.29. The highest BCUT2D eigenvalue weighted by Crippen LogP contribution is 2.09. The Morgan fingerprint density at radius 3 is 2.89 bits per heavy atom. The minimum absolute atomic E-state index is 0.0277. The van der Waals surface area contributed by atoms with Gasteiger partial charge in [-0.15, -0.1) is 0 Å². The van der Waals surface area contributed by atoms with Gasteiger partial charge in [-0.1, -0.05) is 0 Å². The van der Waals surface area contributed by atoms with E-state index in [4.69, 9.17) is 11.6 Å². The van der Waals surface area contributed by atoms with Gasteiger partial charge in [0.1, 0.15) is 18.7 Å². The van der Waals surface area contributed by atoms with Gasteiger partial charge in [0, 0.05) is 0 Å². The molecule has 2 aromatic rings. The number of methoxy groups -OCH3 is 1. The minimum Gasteiger partial charge on any atom is -0.467 e. The standard InChI is InChI=1S/C9H10ClN7O2/c1-5(6(18)19-2)13-8-14-7(10)15-9(16-8)17-4-11-3-12-17/h3-5H,1-2H3,(H,13,14,15,16). The predicted octanol–water partition coefficient (Wildman–Crippen LogP) is 0.0791. The van der Waals surface area contributed by atoms with Gasteiger partial charge in [-0.2, -0.15) is 24.7 Å². The zero-order valence-electron chi connectivity index (χ0n) is 10.1.